The van der Waals surface area contributed by atoms with Gasteiger partial charge in [-0.05, 0) is 43.7 Å². The number of alkyl halides is 1. The summed E-state index contributed by atoms with van der Waals surface area (Å²) in [6, 6.07) is 16.3. The number of nitrogens with one attached hydrogen (secondary N) is 1. The summed E-state index contributed by atoms with van der Waals surface area (Å²) in [5.41, 5.74) is 2.65. The van der Waals surface area contributed by atoms with Crippen molar-refractivity contribution in [3.8, 4) is 17.2 Å². The van der Waals surface area contributed by atoms with Crippen LogP contribution in [0.2, 0.25) is 0 Å². The van der Waals surface area contributed by atoms with Crippen LogP contribution in [0, 0.1) is 6.92 Å². The Morgan fingerprint density at radius 2 is 1.85 bits per heavy atom. The van der Waals surface area contributed by atoms with E-state index in [9.17, 15) is 9.59 Å². The predicted molar refractivity (Wildman–Crippen MR) is 125 cm³/mol. The Kier molecular flexibility index (Phi) is 8.89. The largest absolute Gasteiger partial charge is 0.493 e. The topological polar surface area (TPSA) is 90.7 Å². The lowest BCUT2D eigenvalue weighted by atomic mass is 10.1. The monoisotopic (exact) mass is 470 g/mol. The number of esters is 1. The molecule has 0 saturated heterocycles. The minimum absolute atomic E-state index is 0.222. The molecule has 3 aromatic rings. The fraction of sp³-hybridized carbons (Fsp3) is 0.320. The highest BCUT2D eigenvalue weighted by atomic mass is 35.5. The molecule has 3 rings (SSSR count). The van der Waals surface area contributed by atoms with Gasteiger partial charge in [0.15, 0.2) is 0 Å². The second kappa shape index (κ2) is 12.1. The van der Waals surface area contributed by atoms with E-state index in [4.69, 9.17) is 25.5 Å². The molecule has 0 aliphatic heterocycles. The molecular formula is C25H27ClN2O5. The fourth-order valence-corrected chi connectivity index (χ4v) is 3.33. The molecule has 7 nitrogen and oxygen atoms in total. The van der Waals surface area contributed by atoms with Gasteiger partial charge in [-0.1, -0.05) is 30.3 Å². The molecule has 0 bridgehead atoms. The first-order chi connectivity index (χ1) is 16.0. The predicted octanol–water partition coefficient (Wildman–Crippen LogP) is 4.10. The Hall–Kier alpha value is -3.32. The first-order valence-electron chi connectivity index (χ1n) is 10.8. The van der Waals surface area contributed by atoms with Crippen molar-refractivity contribution in [3.05, 3.63) is 71.6 Å². The fourth-order valence-electron chi connectivity index (χ4n) is 3.26. The summed E-state index contributed by atoms with van der Waals surface area (Å²) in [6.45, 7) is 4.29. The van der Waals surface area contributed by atoms with Crippen LogP contribution in [0.3, 0.4) is 0 Å². The summed E-state index contributed by atoms with van der Waals surface area (Å²) in [5, 5.41) is 2.59. The molecule has 1 unspecified atom stereocenters. The van der Waals surface area contributed by atoms with Gasteiger partial charge in [0.1, 0.15) is 23.4 Å². The quantitative estimate of drug-likeness (QED) is 0.335. The van der Waals surface area contributed by atoms with E-state index < -0.39 is 17.9 Å². The number of nitrogens with zero attached hydrogens (tertiary/aromatic N) is 1. The highest BCUT2D eigenvalue weighted by molar-refractivity contribution is 6.27. The number of ether oxygens (including phenoxy) is 2. The van der Waals surface area contributed by atoms with E-state index in [1.54, 1.807) is 6.92 Å². The van der Waals surface area contributed by atoms with Gasteiger partial charge in [0.2, 0.25) is 11.8 Å². The third kappa shape index (κ3) is 7.08. The van der Waals surface area contributed by atoms with Crippen molar-refractivity contribution in [1.29, 1.82) is 0 Å². The summed E-state index contributed by atoms with van der Waals surface area (Å²) >= 11 is 5.55. The summed E-state index contributed by atoms with van der Waals surface area (Å²) in [4.78, 5) is 28.4. The molecular weight excluding hydrogens is 444 g/mol. The summed E-state index contributed by atoms with van der Waals surface area (Å²) in [5.74, 6) is 0.935. The van der Waals surface area contributed by atoms with Gasteiger partial charge >= 0.3 is 5.97 Å². The van der Waals surface area contributed by atoms with Gasteiger partial charge < -0.3 is 19.2 Å². The summed E-state index contributed by atoms with van der Waals surface area (Å²) in [6.07, 6.45) is 0.904. The molecule has 0 aliphatic carbocycles. The van der Waals surface area contributed by atoms with Gasteiger partial charge in [0.05, 0.1) is 18.9 Å². The van der Waals surface area contributed by atoms with Crippen molar-refractivity contribution >= 4 is 23.5 Å². The molecule has 0 aliphatic rings. The number of hydrogen-bond donors (Lipinski definition) is 1. The zero-order chi connectivity index (χ0) is 23.6. The normalized spacial score (nSPS) is 11.6. The van der Waals surface area contributed by atoms with Crippen LogP contribution in [0.4, 0.5) is 0 Å². The van der Waals surface area contributed by atoms with Gasteiger partial charge in [-0.3, -0.25) is 4.79 Å². The number of aryl methyl sites for hydroxylation is 1. The Labute approximate surface area is 198 Å². The van der Waals surface area contributed by atoms with Crippen LogP contribution in [-0.2, 0) is 27.2 Å². The number of oxazole rings is 1. The number of carbonyl (C=O) groups is 2. The Morgan fingerprint density at radius 3 is 2.52 bits per heavy atom. The number of aromatic nitrogens is 1. The molecule has 8 heteroatoms. The van der Waals surface area contributed by atoms with Gasteiger partial charge in [-0.25, -0.2) is 9.78 Å². The van der Waals surface area contributed by atoms with E-state index in [0.29, 0.717) is 31.1 Å². The molecule has 1 aromatic heterocycles. The maximum absolute atomic E-state index is 12.1. The maximum Gasteiger partial charge on any atom is 0.328 e. The Balaban J connectivity index is 1.54. The number of carbonyl (C=O) groups excluding carboxylic acids is 2. The third-order valence-electron chi connectivity index (χ3n) is 4.91. The molecule has 174 valence electrons. The van der Waals surface area contributed by atoms with Crippen LogP contribution in [0.15, 0.2) is 59.0 Å². The molecule has 0 radical (unpaired) electrons. The first kappa shape index (κ1) is 24.3. The van der Waals surface area contributed by atoms with Crippen LogP contribution in [-0.4, -0.2) is 42.0 Å². The second-order valence-electron chi connectivity index (χ2n) is 7.34. The maximum atomic E-state index is 12.1. The highest BCUT2D eigenvalue weighted by Crippen LogP contribution is 2.22. The van der Waals surface area contributed by atoms with Gasteiger partial charge in [0.25, 0.3) is 0 Å². The average Bonchev–Trinajstić information content (AvgIpc) is 3.20. The number of amides is 1. The zero-order valence-corrected chi connectivity index (χ0v) is 19.4. The third-order valence-corrected chi connectivity index (χ3v) is 5.15. The molecule has 1 amide bonds. The van der Waals surface area contributed by atoms with E-state index in [0.717, 1.165) is 22.6 Å². The SMILES string of the molecule is CCOC(=O)C(Cc1ccc(OCCc2nc(-c3ccccc3)oc2C)cc1)NC(=O)CCl. The van der Waals surface area contributed by atoms with E-state index in [-0.39, 0.29) is 12.5 Å². The van der Waals surface area contributed by atoms with E-state index in [2.05, 4.69) is 10.3 Å². The highest BCUT2D eigenvalue weighted by Gasteiger charge is 2.22. The van der Waals surface area contributed by atoms with Crippen molar-refractivity contribution in [1.82, 2.24) is 10.3 Å². The number of benzene rings is 2. The minimum Gasteiger partial charge on any atom is -0.493 e. The zero-order valence-electron chi connectivity index (χ0n) is 18.7. The van der Waals surface area contributed by atoms with Crippen LogP contribution >= 0.6 is 11.6 Å². The molecule has 0 spiro atoms. The number of halogens is 1. The van der Waals surface area contributed by atoms with Gasteiger partial charge in [0, 0.05) is 18.4 Å². The molecule has 1 N–H and O–H groups in total. The van der Waals surface area contributed by atoms with Crippen molar-refractivity contribution in [2.45, 2.75) is 32.7 Å². The minimum atomic E-state index is -0.795. The van der Waals surface area contributed by atoms with Gasteiger partial charge in [-0.2, -0.15) is 0 Å². The second-order valence-corrected chi connectivity index (χ2v) is 7.61. The van der Waals surface area contributed by atoms with Crippen molar-refractivity contribution in [2.24, 2.45) is 0 Å². The van der Waals surface area contributed by atoms with Crippen LogP contribution in [0.5, 0.6) is 5.75 Å². The van der Waals surface area contributed by atoms with Crippen molar-refractivity contribution in [3.63, 3.8) is 0 Å². The summed E-state index contributed by atoms with van der Waals surface area (Å²) < 4.78 is 16.7. The lowest BCUT2D eigenvalue weighted by Crippen LogP contribution is -2.43. The first-order valence-corrected chi connectivity index (χ1v) is 11.3. The standard InChI is InChI=1S/C25H27ClN2O5/c1-3-31-25(30)22(27-23(29)16-26)15-18-9-11-20(12-10-18)32-14-13-21-17(2)33-24(28-21)19-7-5-4-6-8-19/h4-12,22H,3,13-16H2,1-2H3,(H,27,29). The van der Waals surface area contributed by atoms with Crippen molar-refractivity contribution in [2.75, 3.05) is 19.1 Å². The molecule has 33 heavy (non-hydrogen) atoms. The number of rotatable bonds is 11. The molecule has 1 atom stereocenters. The smallest absolute Gasteiger partial charge is 0.328 e. The Bertz CT molecular complexity index is 1050. The lowest BCUT2D eigenvalue weighted by Gasteiger charge is -2.17. The molecule has 0 fully saturated rings. The van der Waals surface area contributed by atoms with E-state index in [1.165, 1.54) is 0 Å². The lowest BCUT2D eigenvalue weighted by molar-refractivity contribution is -0.147. The van der Waals surface area contributed by atoms with Crippen LogP contribution in [0.25, 0.3) is 11.5 Å². The number of hydrogen-bond acceptors (Lipinski definition) is 6. The molecule has 2 aromatic carbocycles. The Morgan fingerprint density at radius 1 is 1.12 bits per heavy atom. The van der Waals surface area contributed by atoms with E-state index >= 15 is 0 Å². The summed E-state index contributed by atoms with van der Waals surface area (Å²) in [7, 11) is 0. The van der Waals surface area contributed by atoms with Crippen molar-refractivity contribution < 1.29 is 23.5 Å². The molecule has 1 heterocycles. The van der Waals surface area contributed by atoms with Crippen LogP contribution < -0.4 is 10.1 Å². The van der Waals surface area contributed by atoms with Gasteiger partial charge in [-0.15, -0.1) is 11.6 Å². The average molecular weight is 471 g/mol. The molecule has 0 saturated carbocycles. The van der Waals surface area contributed by atoms with E-state index in [1.807, 2.05) is 61.5 Å². The van der Waals surface area contributed by atoms with Crippen LogP contribution in [0.1, 0.15) is 23.9 Å².